The lowest BCUT2D eigenvalue weighted by Crippen LogP contribution is -2.46. The van der Waals surface area contributed by atoms with Gasteiger partial charge in [-0.3, -0.25) is 14.5 Å². The molecule has 0 unspecified atom stereocenters. The lowest BCUT2D eigenvalue weighted by Gasteiger charge is -2.38. The average Bonchev–Trinajstić information content (AvgIpc) is 2.98. The number of aliphatic hydroxyl groups is 1. The number of hydrogen-bond donors (Lipinski definition) is 1. The summed E-state index contributed by atoms with van der Waals surface area (Å²) in [5, 5.41) is 11.1. The SMILES string of the molecule is O=C([C@H]1[C@H](CO)[C@H]2Cn3c(cccc3=O)[C@@H]1N2Cc1cccc(Cl)c1)N1CCCCC1. The number of fused-ring (bicyclic) bond motifs is 4. The minimum atomic E-state index is -0.358. The quantitative estimate of drug-likeness (QED) is 0.792. The van der Waals surface area contributed by atoms with Crippen LogP contribution in [-0.2, 0) is 17.9 Å². The van der Waals surface area contributed by atoms with Crippen molar-refractivity contribution in [2.45, 2.75) is 44.4 Å². The third-order valence-electron chi connectivity index (χ3n) is 7.25. The first kappa shape index (κ1) is 20.7. The maximum atomic E-state index is 13.7. The zero-order chi connectivity index (χ0) is 21.5. The van der Waals surface area contributed by atoms with E-state index in [9.17, 15) is 14.7 Å². The minimum Gasteiger partial charge on any atom is -0.396 e. The maximum absolute atomic E-state index is 13.7. The summed E-state index contributed by atoms with van der Waals surface area (Å²) in [6, 6.07) is 12.8. The number of carbonyl (C=O) groups is 1. The molecular weight excluding hydrogens is 414 g/mol. The van der Waals surface area contributed by atoms with E-state index in [1.807, 2.05) is 35.2 Å². The summed E-state index contributed by atoms with van der Waals surface area (Å²) in [5.74, 6) is -0.451. The first-order chi connectivity index (χ1) is 15.1. The predicted octanol–water partition coefficient (Wildman–Crippen LogP) is 2.68. The van der Waals surface area contributed by atoms with Gasteiger partial charge in [0.25, 0.3) is 5.56 Å². The predicted molar refractivity (Wildman–Crippen MR) is 119 cm³/mol. The van der Waals surface area contributed by atoms with Crippen LogP contribution < -0.4 is 5.56 Å². The first-order valence-electron chi connectivity index (χ1n) is 11.2. The van der Waals surface area contributed by atoms with Gasteiger partial charge in [0.2, 0.25) is 5.91 Å². The Labute approximate surface area is 187 Å². The Bertz CT molecular complexity index is 1030. The molecule has 2 aromatic rings. The molecule has 1 amide bonds. The van der Waals surface area contributed by atoms with Gasteiger partial charge in [-0.25, -0.2) is 0 Å². The Morgan fingerprint density at radius 2 is 1.87 bits per heavy atom. The van der Waals surface area contributed by atoms with Gasteiger partial charge in [-0.1, -0.05) is 29.8 Å². The van der Waals surface area contributed by atoms with Gasteiger partial charge in [0.15, 0.2) is 0 Å². The zero-order valence-electron chi connectivity index (χ0n) is 17.5. The first-order valence-corrected chi connectivity index (χ1v) is 11.6. The molecule has 0 spiro atoms. The number of carbonyl (C=O) groups excluding carboxylic acids is 1. The van der Waals surface area contributed by atoms with E-state index in [-0.39, 0.29) is 42.0 Å². The van der Waals surface area contributed by atoms with Crippen molar-refractivity contribution in [3.05, 3.63) is 69.1 Å². The molecule has 1 N–H and O–H groups in total. The van der Waals surface area contributed by atoms with Gasteiger partial charge >= 0.3 is 0 Å². The minimum absolute atomic E-state index is 0.0438. The number of amides is 1. The van der Waals surface area contributed by atoms with Crippen LogP contribution in [0.15, 0.2) is 47.3 Å². The smallest absolute Gasteiger partial charge is 0.250 e. The standard InChI is InChI=1S/C24H28ClN3O3/c25-17-7-4-6-16(12-17)13-28-20-14-27-19(8-5-9-21(27)30)23(28)22(18(20)15-29)24(31)26-10-2-1-3-11-26/h4-9,12,18,20,22-23,29H,1-3,10-11,13-15H2/t18-,20-,22+,23+/m1/s1. The number of aliphatic hydroxyl groups excluding tert-OH is 1. The number of likely N-dealkylation sites (tertiary alicyclic amines) is 1. The fourth-order valence-electron chi connectivity index (χ4n) is 5.84. The van der Waals surface area contributed by atoms with E-state index in [1.165, 1.54) is 0 Å². The van der Waals surface area contributed by atoms with Gasteiger partial charge in [-0.15, -0.1) is 0 Å². The van der Waals surface area contributed by atoms with E-state index in [4.69, 9.17) is 11.6 Å². The molecule has 6 nitrogen and oxygen atoms in total. The number of nitrogens with zero attached hydrogens (tertiary/aromatic N) is 3. The summed E-state index contributed by atoms with van der Waals surface area (Å²) in [6.07, 6.45) is 3.21. The highest BCUT2D eigenvalue weighted by molar-refractivity contribution is 6.30. The van der Waals surface area contributed by atoms with Crippen molar-refractivity contribution in [2.75, 3.05) is 19.7 Å². The van der Waals surface area contributed by atoms with Crippen LogP contribution in [0.3, 0.4) is 0 Å². The lowest BCUT2D eigenvalue weighted by atomic mass is 9.85. The summed E-state index contributed by atoms with van der Waals surface area (Å²) in [7, 11) is 0. The van der Waals surface area contributed by atoms with Crippen LogP contribution in [0.4, 0.5) is 0 Å². The largest absolute Gasteiger partial charge is 0.396 e. The molecule has 3 aliphatic rings. The lowest BCUT2D eigenvalue weighted by molar-refractivity contribution is -0.139. The van der Waals surface area contributed by atoms with Gasteiger partial charge in [-0.05, 0) is 43.0 Å². The highest BCUT2D eigenvalue weighted by Gasteiger charge is 2.56. The van der Waals surface area contributed by atoms with Crippen LogP contribution in [0.25, 0.3) is 0 Å². The summed E-state index contributed by atoms with van der Waals surface area (Å²) in [4.78, 5) is 30.7. The highest BCUT2D eigenvalue weighted by Crippen LogP contribution is 2.49. The molecule has 4 heterocycles. The molecule has 1 aromatic carbocycles. The Hall–Kier alpha value is -2.15. The summed E-state index contributed by atoms with van der Waals surface area (Å²) >= 11 is 6.22. The second kappa shape index (κ2) is 8.41. The normalized spacial score (nSPS) is 27.9. The summed E-state index contributed by atoms with van der Waals surface area (Å²) in [5.41, 5.74) is 1.90. The number of aromatic nitrogens is 1. The number of hydrogen-bond acceptors (Lipinski definition) is 4. The molecule has 7 heteroatoms. The van der Waals surface area contributed by atoms with Crippen molar-refractivity contribution in [3.63, 3.8) is 0 Å². The number of rotatable bonds is 4. The average molecular weight is 442 g/mol. The molecule has 0 radical (unpaired) electrons. The molecule has 4 atom stereocenters. The van der Waals surface area contributed by atoms with Crippen LogP contribution in [0.2, 0.25) is 5.02 Å². The van der Waals surface area contributed by atoms with Gasteiger partial charge in [0.1, 0.15) is 0 Å². The van der Waals surface area contributed by atoms with E-state index in [0.717, 1.165) is 43.6 Å². The maximum Gasteiger partial charge on any atom is 0.250 e. The van der Waals surface area contributed by atoms with Crippen LogP contribution in [0.5, 0.6) is 0 Å². The third kappa shape index (κ3) is 3.60. The van der Waals surface area contributed by atoms with Crippen molar-refractivity contribution in [3.8, 4) is 0 Å². The molecule has 164 valence electrons. The molecule has 0 saturated carbocycles. The third-order valence-corrected chi connectivity index (χ3v) is 7.49. The molecule has 0 aliphatic carbocycles. The van der Waals surface area contributed by atoms with Crippen molar-refractivity contribution < 1.29 is 9.90 Å². The molecule has 5 rings (SSSR count). The Kier molecular flexibility index (Phi) is 5.63. The van der Waals surface area contributed by atoms with Gasteiger partial charge in [0.05, 0.1) is 12.0 Å². The van der Waals surface area contributed by atoms with Gasteiger partial charge in [0, 0.05) is 61.5 Å². The van der Waals surface area contributed by atoms with Crippen LogP contribution in [0, 0.1) is 11.8 Å². The van der Waals surface area contributed by atoms with E-state index in [1.54, 1.807) is 16.7 Å². The van der Waals surface area contributed by atoms with Crippen molar-refractivity contribution in [1.29, 1.82) is 0 Å². The van der Waals surface area contributed by atoms with E-state index >= 15 is 0 Å². The van der Waals surface area contributed by atoms with Gasteiger partial charge < -0.3 is 14.6 Å². The Morgan fingerprint density at radius 3 is 2.61 bits per heavy atom. The summed E-state index contributed by atoms with van der Waals surface area (Å²) in [6.45, 7) is 2.60. The number of halogens is 1. The van der Waals surface area contributed by atoms with Crippen molar-refractivity contribution in [2.24, 2.45) is 11.8 Å². The zero-order valence-corrected chi connectivity index (χ0v) is 18.2. The summed E-state index contributed by atoms with van der Waals surface area (Å²) < 4.78 is 1.80. The Morgan fingerprint density at radius 1 is 1.10 bits per heavy atom. The van der Waals surface area contributed by atoms with Crippen molar-refractivity contribution >= 4 is 17.5 Å². The van der Waals surface area contributed by atoms with E-state index in [2.05, 4.69) is 4.90 Å². The molecular formula is C24H28ClN3O3. The van der Waals surface area contributed by atoms with Crippen molar-refractivity contribution in [1.82, 2.24) is 14.4 Å². The van der Waals surface area contributed by atoms with Crippen LogP contribution in [-0.4, -0.2) is 51.1 Å². The second-order valence-electron chi connectivity index (χ2n) is 8.97. The number of benzene rings is 1. The highest BCUT2D eigenvalue weighted by atomic mass is 35.5. The molecule has 2 fully saturated rings. The van der Waals surface area contributed by atoms with E-state index in [0.29, 0.717) is 18.1 Å². The van der Waals surface area contributed by atoms with Crippen LogP contribution >= 0.6 is 11.6 Å². The number of piperidine rings is 1. The van der Waals surface area contributed by atoms with E-state index < -0.39 is 0 Å². The fourth-order valence-corrected chi connectivity index (χ4v) is 6.06. The fraction of sp³-hybridized carbons (Fsp3) is 0.500. The molecule has 31 heavy (non-hydrogen) atoms. The molecule has 2 saturated heterocycles. The van der Waals surface area contributed by atoms with Gasteiger partial charge in [-0.2, -0.15) is 0 Å². The monoisotopic (exact) mass is 441 g/mol. The Balaban J connectivity index is 1.57. The second-order valence-corrected chi connectivity index (χ2v) is 9.41. The number of pyridine rings is 1. The molecule has 3 aliphatic heterocycles. The molecule has 1 aromatic heterocycles. The van der Waals surface area contributed by atoms with Crippen LogP contribution in [0.1, 0.15) is 36.6 Å². The topological polar surface area (TPSA) is 65.8 Å². The molecule has 2 bridgehead atoms.